The van der Waals surface area contributed by atoms with Gasteiger partial charge in [-0.25, -0.2) is 0 Å². The van der Waals surface area contributed by atoms with E-state index in [2.05, 4.69) is 17.4 Å². The zero-order chi connectivity index (χ0) is 22.2. The van der Waals surface area contributed by atoms with E-state index in [0.717, 1.165) is 10.6 Å². The summed E-state index contributed by atoms with van der Waals surface area (Å²) in [6.45, 7) is 0. The number of fused-ring (bicyclic) bond motifs is 1. The Kier molecular flexibility index (Phi) is 5.37. The minimum absolute atomic E-state index is 0.137. The Bertz CT molecular complexity index is 1100. The van der Waals surface area contributed by atoms with Gasteiger partial charge in [-0.3, -0.25) is 24.1 Å². The second-order valence-electron chi connectivity index (χ2n) is 9.03. The molecule has 2 amide bonds. The first-order valence-electron chi connectivity index (χ1n) is 11.5. The van der Waals surface area contributed by atoms with Gasteiger partial charge in [0.25, 0.3) is 11.8 Å². The van der Waals surface area contributed by atoms with E-state index in [1.807, 2.05) is 12.1 Å². The summed E-state index contributed by atoms with van der Waals surface area (Å²) in [7, 11) is 0. The molecule has 164 valence electrons. The number of hydrogen-bond acceptors (Lipinski definition) is 5. The van der Waals surface area contributed by atoms with E-state index in [9.17, 15) is 19.2 Å². The first kappa shape index (κ1) is 20.6. The fourth-order valence-electron chi connectivity index (χ4n) is 5.25. The standard InChI is InChI=1S/C26H26N2O4/c29-19-13-14-22(23(30)15-19)28-25(31)20-7-4-8-21(24(20)26(28)32)27-18-11-9-17(10-12-18)16-5-2-1-3-6-16/h4,7-12,16,22,27H,1-3,5-6,13-15H2. The highest BCUT2D eigenvalue weighted by atomic mass is 16.2. The zero-order valence-corrected chi connectivity index (χ0v) is 17.9. The number of hydrogen-bond donors (Lipinski definition) is 1. The van der Waals surface area contributed by atoms with E-state index in [4.69, 9.17) is 0 Å². The summed E-state index contributed by atoms with van der Waals surface area (Å²) in [6, 6.07) is 12.6. The molecular weight excluding hydrogens is 404 g/mol. The molecule has 3 aliphatic rings. The van der Waals surface area contributed by atoms with Gasteiger partial charge < -0.3 is 5.32 Å². The van der Waals surface area contributed by atoms with E-state index in [0.29, 0.717) is 22.7 Å². The van der Waals surface area contributed by atoms with Crippen LogP contribution in [-0.4, -0.2) is 34.3 Å². The maximum atomic E-state index is 13.2. The summed E-state index contributed by atoms with van der Waals surface area (Å²) < 4.78 is 0. The summed E-state index contributed by atoms with van der Waals surface area (Å²) >= 11 is 0. The Morgan fingerprint density at radius 2 is 1.56 bits per heavy atom. The lowest BCUT2D eigenvalue weighted by Gasteiger charge is -2.27. The highest BCUT2D eigenvalue weighted by Gasteiger charge is 2.45. The number of nitrogens with zero attached hydrogens (tertiary/aromatic N) is 1. The molecule has 6 nitrogen and oxygen atoms in total. The summed E-state index contributed by atoms with van der Waals surface area (Å²) in [6.07, 6.45) is 6.55. The monoisotopic (exact) mass is 430 g/mol. The number of nitrogens with one attached hydrogen (secondary N) is 1. The second-order valence-corrected chi connectivity index (χ2v) is 9.03. The third-order valence-electron chi connectivity index (χ3n) is 6.96. The van der Waals surface area contributed by atoms with Gasteiger partial charge in [-0.15, -0.1) is 0 Å². The molecule has 1 aliphatic heterocycles. The number of amides is 2. The van der Waals surface area contributed by atoms with Crippen LogP contribution in [0.3, 0.4) is 0 Å². The molecule has 0 bridgehead atoms. The first-order chi connectivity index (χ1) is 15.5. The van der Waals surface area contributed by atoms with Gasteiger partial charge in [0, 0.05) is 12.1 Å². The molecule has 32 heavy (non-hydrogen) atoms. The topological polar surface area (TPSA) is 83.6 Å². The van der Waals surface area contributed by atoms with Crippen molar-refractivity contribution >= 4 is 34.8 Å². The van der Waals surface area contributed by atoms with E-state index in [1.165, 1.54) is 37.7 Å². The molecule has 2 aliphatic carbocycles. The molecule has 5 rings (SSSR count). The number of rotatable bonds is 4. The molecular formula is C26H26N2O4. The quantitative estimate of drug-likeness (QED) is 0.558. The maximum absolute atomic E-state index is 13.2. The van der Waals surface area contributed by atoms with Crippen LogP contribution in [0.1, 0.15) is 83.6 Å². The Morgan fingerprint density at radius 1 is 0.812 bits per heavy atom. The van der Waals surface area contributed by atoms with Crippen LogP contribution in [-0.2, 0) is 9.59 Å². The fraction of sp³-hybridized carbons (Fsp3) is 0.385. The first-order valence-corrected chi connectivity index (χ1v) is 11.5. The molecule has 0 spiro atoms. The van der Waals surface area contributed by atoms with Crippen LogP contribution in [0.4, 0.5) is 11.4 Å². The Hall–Kier alpha value is -3.28. The van der Waals surface area contributed by atoms with Crippen molar-refractivity contribution in [1.29, 1.82) is 0 Å². The van der Waals surface area contributed by atoms with Crippen molar-refractivity contribution in [2.45, 2.75) is 63.3 Å². The van der Waals surface area contributed by atoms with Crippen LogP contribution in [0.15, 0.2) is 42.5 Å². The maximum Gasteiger partial charge on any atom is 0.264 e. The number of benzene rings is 2. The molecule has 1 N–H and O–H groups in total. The fourth-order valence-corrected chi connectivity index (χ4v) is 5.25. The third-order valence-corrected chi connectivity index (χ3v) is 6.96. The molecule has 0 aromatic heterocycles. The summed E-state index contributed by atoms with van der Waals surface area (Å²) in [5, 5.41) is 3.29. The number of anilines is 2. The van der Waals surface area contributed by atoms with Gasteiger partial charge in [0.15, 0.2) is 5.78 Å². The van der Waals surface area contributed by atoms with Gasteiger partial charge >= 0.3 is 0 Å². The van der Waals surface area contributed by atoms with E-state index in [-0.39, 0.29) is 30.8 Å². The number of imide groups is 1. The van der Waals surface area contributed by atoms with Crippen LogP contribution in [0.2, 0.25) is 0 Å². The molecule has 0 radical (unpaired) electrons. The highest BCUT2D eigenvalue weighted by Crippen LogP contribution is 2.36. The van der Waals surface area contributed by atoms with Gasteiger partial charge in [0.05, 0.1) is 29.3 Å². The lowest BCUT2D eigenvalue weighted by molar-refractivity contribution is -0.132. The van der Waals surface area contributed by atoms with E-state index < -0.39 is 17.9 Å². The summed E-state index contributed by atoms with van der Waals surface area (Å²) in [5.74, 6) is -0.814. The van der Waals surface area contributed by atoms with Crippen molar-refractivity contribution in [3.8, 4) is 0 Å². The van der Waals surface area contributed by atoms with Crippen molar-refractivity contribution in [2.75, 3.05) is 5.32 Å². The Labute approximate surface area is 187 Å². The van der Waals surface area contributed by atoms with E-state index >= 15 is 0 Å². The van der Waals surface area contributed by atoms with Crippen molar-refractivity contribution in [3.05, 3.63) is 59.2 Å². The number of Topliss-reactive ketones (excluding diaryl/α,β-unsaturated/α-hetero) is 2. The average Bonchev–Trinajstić information content (AvgIpc) is 3.06. The molecule has 2 fully saturated rings. The van der Waals surface area contributed by atoms with Gasteiger partial charge in [-0.2, -0.15) is 0 Å². The minimum atomic E-state index is -0.859. The molecule has 2 aromatic rings. The minimum Gasteiger partial charge on any atom is -0.355 e. The SMILES string of the molecule is O=C1CCC(N2C(=O)c3cccc(Nc4ccc(C5CCCCC5)cc4)c3C2=O)C(=O)C1. The molecule has 0 saturated heterocycles. The number of carbonyl (C=O) groups excluding carboxylic acids is 4. The molecule has 1 atom stereocenters. The van der Waals surface area contributed by atoms with Crippen LogP contribution in [0.5, 0.6) is 0 Å². The van der Waals surface area contributed by atoms with Gasteiger partial charge in [-0.05, 0) is 55.0 Å². The Morgan fingerprint density at radius 3 is 2.28 bits per heavy atom. The van der Waals surface area contributed by atoms with Crippen molar-refractivity contribution in [1.82, 2.24) is 4.90 Å². The lowest BCUT2D eigenvalue weighted by atomic mass is 9.84. The van der Waals surface area contributed by atoms with Crippen molar-refractivity contribution in [2.24, 2.45) is 0 Å². The molecule has 1 unspecified atom stereocenters. The highest BCUT2D eigenvalue weighted by molar-refractivity contribution is 6.25. The average molecular weight is 431 g/mol. The second kappa shape index (κ2) is 8.34. The normalized spacial score (nSPS) is 21.8. The number of carbonyl (C=O) groups is 4. The number of ketones is 2. The van der Waals surface area contributed by atoms with Crippen LogP contribution in [0.25, 0.3) is 0 Å². The van der Waals surface area contributed by atoms with E-state index in [1.54, 1.807) is 18.2 Å². The van der Waals surface area contributed by atoms with Crippen LogP contribution >= 0.6 is 0 Å². The third kappa shape index (κ3) is 3.64. The van der Waals surface area contributed by atoms with Crippen molar-refractivity contribution in [3.63, 3.8) is 0 Å². The van der Waals surface area contributed by atoms with Crippen LogP contribution in [0, 0.1) is 0 Å². The Balaban J connectivity index is 1.38. The van der Waals surface area contributed by atoms with Gasteiger partial charge in [0.2, 0.25) is 0 Å². The summed E-state index contributed by atoms with van der Waals surface area (Å²) in [4.78, 5) is 51.3. The zero-order valence-electron chi connectivity index (χ0n) is 17.9. The lowest BCUT2D eigenvalue weighted by Crippen LogP contribution is -2.47. The van der Waals surface area contributed by atoms with Crippen LogP contribution < -0.4 is 5.32 Å². The van der Waals surface area contributed by atoms with Crippen molar-refractivity contribution < 1.29 is 19.2 Å². The summed E-state index contributed by atoms with van der Waals surface area (Å²) in [5.41, 5.74) is 3.32. The van der Waals surface area contributed by atoms with Gasteiger partial charge in [0.1, 0.15) is 5.78 Å². The van der Waals surface area contributed by atoms with Gasteiger partial charge in [-0.1, -0.05) is 37.5 Å². The molecule has 2 aromatic carbocycles. The predicted octanol–water partition coefficient (Wildman–Crippen LogP) is 4.76. The largest absolute Gasteiger partial charge is 0.355 e. The molecule has 1 heterocycles. The molecule has 2 saturated carbocycles. The molecule has 6 heteroatoms. The smallest absolute Gasteiger partial charge is 0.264 e. The predicted molar refractivity (Wildman–Crippen MR) is 120 cm³/mol.